The normalized spacial score (nSPS) is 16.1. The molecule has 0 unspecified atom stereocenters. The van der Waals surface area contributed by atoms with E-state index in [-0.39, 0.29) is 5.82 Å². The third-order valence-electron chi connectivity index (χ3n) is 2.21. The molecule has 1 aliphatic rings. The Bertz CT molecular complexity index is 281. The monoisotopic (exact) mass is 180 g/mol. The topological polar surface area (TPSA) is 9.23 Å². The van der Waals surface area contributed by atoms with Crippen LogP contribution in [-0.2, 0) is 11.3 Å². The molecule has 1 nitrogen and oxygen atoms in total. The van der Waals surface area contributed by atoms with E-state index in [0.29, 0.717) is 6.61 Å². The summed E-state index contributed by atoms with van der Waals surface area (Å²) in [4.78, 5) is 0. The summed E-state index contributed by atoms with van der Waals surface area (Å²) in [5.74, 6) is 0.584. The van der Waals surface area contributed by atoms with Crippen molar-refractivity contribution >= 4 is 0 Å². The van der Waals surface area contributed by atoms with Gasteiger partial charge in [-0.2, -0.15) is 0 Å². The standard InChI is InChI=1S/C11H13FO/c12-11-3-1-2-10(6-11)8-13-7-9-4-5-9/h1-3,6,9H,4-5,7-8H2. The van der Waals surface area contributed by atoms with Crippen LogP contribution in [0.3, 0.4) is 0 Å². The second-order valence-corrected chi connectivity index (χ2v) is 3.59. The first-order valence-corrected chi connectivity index (χ1v) is 4.67. The fraction of sp³-hybridized carbons (Fsp3) is 0.455. The lowest BCUT2D eigenvalue weighted by Crippen LogP contribution is -1.96. The Morgan fingerprint density at radius 1 is 1.38 bits per heavy atom. The number of halogens is 1. The molecule has 70 valence electrons. The molecule has 0 amide bonds. The highest BCUT2D eigenvalue weighted by Gasteiger charge is 2.20. The van der Waals surface area contributed by atoms with E-state index < -0.39 is 0 Å². The predicted molar refractivity (Wildman–Crippen MR) is 48.8 cm³/mol. The van der Waals surface area contributed by atoms with Crippen LogP contribution in [0.4, 0.5) is 4.39 Å². The van der Waals surface area contributed by atoms with Gasteiger partial charge >= 0.3 is 0 Å². The molecule has 0 saturated heterocycles. The van der Waals surface area contributed by atoms with Crippen LogP contribution < -0.4 is 0 Å². The Kier molecular flexibility index (Phi) is 2.60. The molecule has 0 radical (unpaired) electrons. The largest absolute Gasteiger partial charge is 0.376 e. The quantitative estimate of drug-likeness (QED) is 0.692. The molecule has 2 rings (SSSR count). The SMILES string of the molecule is Fc1cccc(COCC2CC2)c1. The smallest absolute Gasteiger partial charge is 0.123 e. The van der Waals surface area contributed by atoms with Crippen molar-refractivity contribution in [1.29, 1.82) is 0 Å². The van der Waals surface area contributed by atoms with Crippen LogP contribution in [0, 0.1) is 11.7 Å². The molecule has 1 aromatic rings. The van der Waals surface area contributed by atoms with Gasteiger partial charge in [0.2, 0.25) is 0 Å². The molecule has 0 aliphatic heterocycles. The minimum Gasteiger partial charge on any atom is -0.376 e. The third-order valence-corrected chi connectivity index (χ3v) is 2.21. The van der Waals surface area contributed by atoms with Gasteiger partial charge in [0.15, 0.2) is 0 Å². The molecule has 0 spiro atoms. The maximum absolute atomic E-state index is 12.7. The van der Waals surface area contributed by atoms with Crippen LogP contribution in [0.15, 0.2) is 24.3 Å². The first-order valence-electron chi connectivity index (χ1n) is 4.67. The summed E-state index contributed by atoms with van der Waals surface area (Å²) in [6.45, 7) is 1.37. The van der Waals surface area contributed by atoms with Crippen LogP contribution in [0.1, 0.15) is 18.4 Å². The van der Waals surface area contributed by atoms with Gasteiger partial charge in [-0.3, -0.25) is 0 Å². The number of rotatable bonds is 4. The van der Waals surface area contributed by atoms with Crippen molar-refractivity contribution in [3.05, 3.63) is 35.6 Å². The summed E-state index contributed by atoms with van der Waals surface area (Å²) in [6, 6.07) is 6.57. The Hall–Kier alpha value is -0.890. The van der Waals surface area contributed by atoms with Crippen molar-refractivity contribution in [3.8, 4) is 0 Å². The van der Waals surface area contributed by atoms with Gasteiger partial charge in [-0.05, 0) is 36.5 Å². The summed E-state index contributed by atoms with van der Waals surface area (Å²) in [6.07, 6.45) is 2.59. The van der Waals surface area contributed by atoms with Crippen LogP contribution in [0.25, 0.3) is 0 Å². The predicted octanol–water partition coefficient (Wildman–Crippen LogP) is 2.75. The first-order chi connectivity index (χ1) is 6.34. The molecule has 2 heteroatoms. The maximum Gasteiger partial charge on any atom is 0.123 e. The fourth-order valence-electron chi connectivity index (χ4n) is 1.25. The van der Waals surface area contributed by atoms with E-state index in [9.17, 15) is 4.39 Å². The molecule has 0 aromatic heterocycles. The molecule has 0 atom stereocenters. The molecule has 1 aliphatic carbocycles. The highest BCUT2D eigenvalue weighted by Crippen LogP contribution is 2.29. The molecule has 0 N–H and O–H groups in total. The number of benzene rings is 1. The van der Waals surface area contributed by atoms with Gasteiger partial charge in [0.05, 0.1) is 6.61 Å². The Morgan fingerprint density at radius 2 is 2.23 bits per heavy atom. The maximum atomic E-state index is 12.7. The zero-order chi connectivity index (χ0) is 9.10. The van der Waals surface area contributed by atoms with E-state index in [4.69, 9.17) is 4.74 Å². The third kappa shape index (κ3) is 2.81. The molecule has 13 heavy (non-hydrogen) atoms. The second kappa shape index (κ2) is 3.88. The van der Waals surface area contributed by atoms with Crippen molar-refractivity contribution in [1.82, 2.24) is 0 Å². The van der Waals surface area contributed by atoms with Gasteiger partial charge in [0.1, 0.15) is 5.82 Å². The fourth-order valence-corrected chi connectivity index (χ4v) is 1.25. The minimum atomic E-state index is -0.187. The Labute approximate surface area is 77.5 Å². The summed E-state index contributed by atoms with van der Waals surface area (Å²) in [7, 11) is 0. The van der Waals surface area contributed by atoms with E-state index in [2.05, 4.69) is 0 Å². The number of ether oxygens (including phenoxy) is 1. The van der Waals surface area contributed by atoms with Crippen molar-refractivity contribution in [2.75, 3.05) is 6.61 Å². The van der Waals surface area contributed by atoms with E-state index >= 15 is 0 Å². The molecule has 1 fully saturated rings. The van der Waals surface area contributed by atoms with Crippen LogP contribution in [0.5, 0.6) is 0 Å². The van der Waals surface area contributed by atoms with Gasteiger partial charge < -0.3 is 4.74 Å². The summed E-state index contributed by atoms with van der Waals surface area (Å²) in [5.41, 5.74) is 0.917. The highest BCUT2D eigenvalue weighted by molar-refractivity contribution is 5.15. The van der Waals surface area contributed by atoms with E-state index in [1.54, 1.807) is 6.07 Å². The average Bonchev–Trinajstić information content (AvgIpc) is 2.88. The lowest BCUT2D eigenvalue weighted by Gasteiger charge is -2.02. The van der Waals surface area contributed by atoms with Crippen LogP contribution in [0.2, 0.25) is 0 Å². The molecule has 1 aromatic carbocycles. The first kappa shape index (κ1) is 8.70. The van der Waals surface area contributed by atoms with Crippen molar-refractivity contribution in [2.24, 2.45) is 5.92 Å². The van der Waals surface area contributed by atoms with Crippen molar-refractivity contribution < 1.29 is 9.13 Å². The lowest BCUT2D eigenvalue weighted by molar-refractivity contribution is 0.111. The van der Waals surface area contributed by atoms with Gasteiger partial charge in [-0.1, -0.05) is 12.1 Å². The van der Waals surface area contributed by atoms with Crippen LogP contribution >= 0.6 is 0 Å². The van der Waals surface area contributed by atoms with Gasteiger partial charge in [0.25, 0.3) is 0 Å². The molecular weight excluding hydrogens is 167 g/mol. The summed E-state index contributed by atoms with van der Waals surface area (Å²) in [5, 5.41) is 0. The minimum absolute atomic E-state index is 0.187. The van der Waals surface area contributed by atoms with Crippen molar-refractivity contribution in [2.45, 2.75) is 19.4 Å². The molecule has 0 bridgehead atoms. The highest BCUT2D eigenvalue weighted by atomic mass is 19.1. The van der Waals surface area contributed by atoms with E-state index in [0.717, 1.165) is 18.1 Å². The van der Waals surface area contributed by atoms with E-state index in [1.807, 2.05) is 6.07 Å². The zero-order valence-electron chi connectivity index (χ0n) is 7.50. The van der Waals surface area contributed by atoms with Gasteiger partial charge in [-0.15, -0.1) is 0 Å². The molecule has 1 saturated carbocycles. The Balaban J connectivity index is 1.79. The number of hydrogen-bond donors (Lipinski definition) is 0. The van der Waals surface area contributed by atoms with Gasteiger partial charge in [-0.25, -0.2) is 4.39 Å². The van der Waals surface area contributed by atoms with Crippen molar-refractivity contribution in [3.63, 3.8) is 0 Å². The average molecular weight is 180 g/mol. The summed E-state index contributed by atoms with van der Waals surface area (Å²) >= 11 is 0. The van der Waals surface area contributed by atoms with Gasteiger partial charge in [0, 0.05) is 6.61 Å². The van der Waals surface area contributed by atoms with Crippen LogP contribution in [-0.4, -0.2) is 6.61 Å². The molecular formula is C11H13FO. The number of hydrogen-bond acceptors (Lipinski definition) is 1. The lowest BCUT2D eigenvalue weighted by atomic mass is 10.2. The summed E-state index contributed by atoms with van der Waals surface area (Å²) < 4.78 is 18.1. The zero-order valence-corrected chi connectivity index (χ0v) is 7.50. The Morgan fingerprint density at radius 3 is 2.92 bits per heavy atom. The molecule has 0 heterocycles. The van der Waals surface area contributed by atoms with E-state index in [1.165, 1.54) is 25.0 Å². The second-order valence-electron chi connectivity index (χ2n) is 3.59.